The van der Waals surface area contributed by atoms with Gasteiger partial charge in [0.2, 0.25) is 0 Å². The van der Waals surface area contributed by atoms with E-state index >= 15 is 0 Å². The van der Waals surface area contributed by atoms with Crippen molar-refractivity contribution in [1.82, 2.24) is 25.9 Å². The van der Waals surface area contributed by atoms with Crippen LogP contribution in [-0.2, 0) is 6.54 Å². The molecule has 0 bridgehead atoms. The second-order valence-corrected chi connectivity index (χ2v) is 3.59. The smallest absolute Gasteiger partial charge is 0.251 e. The third-order valence-corrected chi connectivity index (χ3v) is 2.29. The maximum atomic E-state index is 11.8. The predicted octanol–water partition coefficient (Wildman–Crippen LogP) is 0.0203. The fraction of sp³-hybridized carbons (Fsp3) is 0.200. The Hall–Kier alpha value is -2.44. The Morgan fingerprint density at radius 2 is 2.35 bits per heavy atom. The molecule has 7 heteroatoms. The van der Waals surface area contributed by atoms with Crippen LogP contribution in [0.4, 0.5) is 5.69 Å². The van der Waals surface area contributed by atoms with E-state index in [9.17, 15) is 4.79 Å². The number of nitrogens with zero attached hydrogens (tertiary/aromatic N) is 3. The largest absolute Gasteiger partial charge is 0.399 e. The molecule has 0 radical (unpaired) electrons. The molecule has 0 unspecified atom stereocenters. The summed E-state index contributed by atoms with van der Waals surface area (Å²) in [6.07, 6.45) is 0. The van der Waals surface area contributed by atoms with Crippen LogP contribution in [0.25, 0.3) is 0 Å². The van der Waals surface area contributed by atoms with Gasteiger partial charge in [0.1, 0.15) is 0 Å². The minimum atomic E-state index is -0.188. The topological polar surface area (TPSA) is 110 Å². The fourth-order valence-corrected chi connectivity index (χ4v) is 1.45. The maximum Gasteiger partial charge on any atom is 0.251 e. The monoisotopic (exact) mass is 232 g/mol. The Morgan fingerprint density at radius 1 is 1.53 bits per heavy atom. The molecule has 1 aromatic heterocycles. The number of nitrogens with one attached hydrogen (secondary N) is 2. The van der Waals surface area contributed by atoms with Crippen LogP contribution in [0.1, 0.15) is 21.7 Å². The van der Waals surface area contributed by atoms with E-state index in [4.69, 9.17) is 5.73 Å². The molecule has 4 N–H and O–H groups in total. The van der Waals surface area contributed by atoms with Crippen molar-refractivity contribution in [3.8, 4) is 0 Å². The third-order valence-electron chi connectivity index (χ3n) is 2.29. The summed E-state index contributed by atoms with van der Waals surface area (Å²) in [5.74, 6) is 0.249. The van der Waals surface area contributed by atoms with Gasteiger partial charge in [0.15, 0.2) is 5.82 Å². The van der Waals surface area contributed by atoms with Crippen LogP contribution in [0.2, 0.25) is 0 Å². The van der Waals surface area contributed by atoms with Crippen molar-refractivity contribution >= 4 is 11.6 Å². The van der Waals surface area contributed by atoms with Crippen LogP contribution in [0, 0.1) is 6.92 Å². The van der Waals surface area contributed by atoms with Crippen LogP contribution in [0.5, 0.6) is 0 Å². The summed E-state index contributed by atoms with van der Waals surface area (Å²) in [6.45, 7) is 2.07. The lowest BCUT2D eigenvalue weighted by Gasteiger charge is -2.06. The average molecular weight is 232 g/mol. The maximum absolute atomic E-state index is 11.8. The summed E-state index contributed by atoms with van der Waals surface area (Å²) in [5.41, 5.74) is 7.67. The Labute approximate surface area is 97.4 Å². The lowest BCUT2D eigenvalue weighted by atomic mass is 10.1. The Morgan fingerprint density at radius 3 is 3.00 bits per heavy atom. The molecule has 0 saturated carbocycles. The second-order valence-electron chi connectivity index (χ2n) is 3.59. The number of hydrogen-bond donors (Lipinski definition) is 3. The van der Waals surface area contributed by atoms with Gasteiger partial charge in [0.05, 0.1) is 6.54 Å². The van der Waals surface area contributed by atoms with Gasteiger partial charge < -0.3 is 11.1 Å². The first-order chi connectivity index (χ1) is 8.16. The van der Waals surface area contributed by atoms with Crippen molar-refractivity contribution in [2.24, 2.45) is 0 Å². The lowest BCUT2D eigenvalue weighted by molar-refractivity contribution is 0.0949. The van der Waals surface area contributed by atoms with Crippen LogP contribution in [-0.4, -0.2) is 26.5 Å². The summed E-state index contributed by atoms with van der Waals surface area (Å²) in [6, 6.07) is 5.13. The Kier molecular flexibility index (Phi) is 2.99. The van der Waals surface area contributed by atoms with E-state index in [0.717, 1.165) is 5.56 Å². The molecule has 0 spiro atoms. The molecule has 1 aromatic carbocycles. The zero-order valence-electron chi connectivity index (χ0n) is 9.27. The number of nitrogens with two attached hydrogens (primary N) is 1. The number of carbonyl (C=O) groups is 1. The van der Waals surface area contributed by atoms with Gasteiger partial charge in [-0.3, -0.25) is 4.79 Å². The van der Waals surface area contributed by atoms with E-state index in [1.54, 1.807) is 18.2 Å². The summed E-state index contributed by atoms with van der Waals surface area (Å²) >= 11 is 0. The lowest BCUT2D eigenvalue weighted by Crippen LogP contribution is -2.24. The van der Waals surface area contributed by atoms with Crippen molar-refractivity contribution < 1.29 is 4.79 Å². The van der Waals surface area contributed by atoms with Gasteiger partial charge in [-0.1, -0.05) is 5.21 Å². The Balaban J connectivity index is 2.04. The molecule has 88 valence electrons. The zero-order chi connectivity index (χ0) is 12.3. The van der Waals surface area contributed by atoms with E-state index in [2.05, 4.69) is 25.9 Å². The number of tetrazole rings is 1. The number of H-pyrrole nitrogens is 1. The molecule has 2 rings (SSSR count). The Bertz CT molecular complexity index is 522. The third kappa shape index (κ3) is 2.57. The molecule has 1 heterocycles. The van der Waals surface area contributed by atoms with Crippen molar-refractivity contribution in [3.05, 3.63) is 35.2 Å². The number of anilines is 1. The van der Waals surface area contributed by atoms with E-state index in [0.29, 0.717) is 17.1 Å². The highest BCUT2D eigenvalue weighted by Gasteiger charge is 2.09. The molecular weight excluding hydrogens is 220 g/mol. The van der Waals surface area contributed by atoms with E-state index < -0.39 is 0 Å². The highest BCUT2D eigenvalue weighted by molar-refractivity contribution is 5.95. The predicted molar refractivity (Wildman–Crippen MR) is 60.9 cm³/mol. The number of benzene rings is 1. The average Bonchev–Trinajstić information content (AvgIpc) is 2.78. The highest BCUT2D eigenvalue weighted by Crippen LogP contribution is 2.12. The van der Waals surface area contributed by atoms with Gasteiger partial charge in [-0.2, -0.15) is 5.21 Å². The van der Waals surface area contributed by atoms with Gasteiger partial charge >= 0.3 is 0 Å². The highest BCUT2D eigenvalue weighted by atomic mass is 16.1. The first-order valence-corrected chi connectivity index (χ1v) is 5.03. The molecule has 0 atom stereocenters. The number of aromatic nitrogens is 4. The summed E-state index contributed by atoms with van der Waals surface area (Å²) in [4.78, 5) is 11.8. The molecule has 7 nitrogen and oxygen atoms in total. The van der Waals surface area contributed by atoms with Crippen LogP contribution >= 0.6 is 0 Å². The van der Waals surface area contributed by atoms with Crippen LogP contribution in [0.15, 0.2) is 18.2 Å². The van der Waals surface area contributed by atoms with Crippen molar-refractivity contribution in [1.29, 1.82) is 0 Å². The van der Waals surface area contributed by atoms with Crippen molar-refractivity contribution in [3.63, 3.8) is 0 Å². The molecule has 0 aliphatic heterocycles. The number of amides is 1. The fourth-order valence-electron chi connectivity index (χ4n) is 1.45. The summed E-state index contributed by atoms with van der Waals surface area (Å²) in [5, 5.41) is 15.9. The molecule has 0 fully saturated rings. The summed E-state index contributed by atoms with van der Waals surface area (Å²) < 4.78 is 0. The molecule has 0 aliphatic rings. The SMILES string of the molecule is Cc1cc(N)ccc1C(=O)NCc1nn[nH]n1. The second kappa shape index (κ2) is 4.60. The van der Waals surface area contributed by atoms with Gasteiger partial charge in [-0.05, 0) is 30.7 Å². The number of aryl methyl sites for hydroxylation is 1. The van der Waals surface area contributed by atoms with Crippen molar-refractivity contribution in [2.45, 2.75) is 13.5 Å². The van der Waals surface area contributed by atoms with Crippen LogP contribution < -0.4 is 11.1 Å². The van der Waals surface area contributed by atoms with E-state index in [1.165, 1.54) is 0 Å². The molecular formula is C10H12N6O. The quantitative estimate of drug-likeness (QED) is 0.646. The van der Waals surface area contributed by atoms with Gasteiger partial charge in [-0.25, -0.2) is 0 Å². The number of nitrogen functional groups attached to an aromatic ring is 1. The number of hydrogen-bond acceptors (Lipinski definition) is 5. The first kappa shape index (κ1) is 11.1. The molecule has 0 aliphatic carbocycles. The standard InChI is InChI=1S/C10H12N6O/c1-6-4-7(11)2-3-8(6)10(17)12-5-9-13-15-16-14-9/h2-4H,5,11H2,1H3,(H,12,17)(H,13,14,15,16). The van der Waals surface area contributed by atoms with Gasteiger partial charge in [0, 0.05) is 11.3 Å². The minimum absolute atomic E-state index is 0.188. The molecule has 1 amide bonds. The first-order valence-electron chi connectivity index (χ1n) is 5.03. The minimum Gasteiger partial charge on any atom is -0.399 e. The molecule has 0 saturated heterocycles. The number of aromatic amines is 1. The molecule has 2 aromatic rings. The van der Waals surface area contributed by atoms with Gasteiger partial charge in [-0.15, -0.1) is 10.2 Å². The zero-order valence-corrected chi connectivity index (χ0v) is 9.27. The molecule has 17 heavy (non-hydrogen) atoms. The summed E-state index contributed by atoms with van der Waals surface area (Å²) in [7, 11) is 0. The van der Waals surface area contributed by atoms with E-state index in [-0.39, 0.29) is 12.5 Å². The van der Waals surface area contributed by atoms with Gasteiger partial charge in [0.25, 0.3) is 5.91 Å². The van der Waals surface area contributed by atoms with Crippen molar-refractivity contribution in [2.75, 3.05) is 5.73 Å². The normalized spacial score (nSPS) is 10.2. The van der Waals surface area contributed by atoms with E-state index in [1.807, 2.05) is 6.92 Å². The van der Waals surface area contributed by atoms with Crippen LogP contribution in [0.3, 0.4) is 0 Å². The number of carbonyl (C=O) groups excluding carboxylic acids is 1. The number of rotatable bonds is 3.